The second kappa shape index (κ2) is 6.29. The molecule has 0 fully saturated rings. The molecule has 0 bridgehead atoms. The first kappa shape index (κ1) is 16.3. The SMILES string of the molecule is O=C(O)c1cccc2c3c(n(Cc4cccc([N+](=O)[O-])c4)c12)CCCC3. The molecule has 1 heterocycles. The van der Waals surface area contributed by atoms with E-state index in [-0.39, 0.29) is 11.3 Å². The molecule has 1 aromatic heterocycles. The van der Waals surface area contributed by atoms with Gasteiger partial charge >= 0.3 is 5.97 Å². The van der Waals surface area contributed by atoms with Crippen molar-refractivity contribution in [3.05, 3.63) is 75.0 Å². The van der Waals surface area contributed by atoms with Crippen LogP contribution in [0.25, 0.3) is 10.9 Å². The predicted octanol–water partition coefficient (Wildman–Crippen LogP) is 4.17. The number of para-hydroxylation sites is 1. The first-order valence-electron chi connectivity index (χ1n) is 8.66. The van der Waals surface area contributed by atoms with Crippen LogP contribution >= 0.6 is 0 Å². The third-order valence-corrected chi connectivity index (χ3v) is 5.09. The highest BCUT2D eigenvalue weighted by Crippen LogP contribution is 2.34. The Balaban J connectivity index is 1.92. The molecule has 1 N–H and O–H groups in total. The average molecular weight is 350 g/mol. The summed E-state index contributed by atoms with van der Waals surface area (Å²) in [6.07, 6.45) is 4.01. The molecule has 0 saturated carbocycles. The van der Waals surface area contributed by atoms with Crippen LogP contribution in [0.2, 0.25) is 0 Å². The van der Waals surface area contributed by atoms with Crippen molar-refractivity contribution >= 4 is 22.6 Å². The number of hydrogen-bond acceptors (Lipinski definition) is 3. The highest BCUT2D eigenvalue weighted by molar-refractivity contribution is 6.04. The number of hydrogen-bond donors (Lipinski definition) is 1. The summed E-state index contributed by atoms with van der Waals surface area (Å²) >= 11 is 0. The molecule has 0 atom stereocenters. The largest absolute Gasteiger partial charge is 0.478 e. The number of nitro benzene ring substituents is 1. The van der Waals surface area contributed by atoms with E-state index in [4.69, 9.17) is 0 Å². The van der Waals surface area contributed by atoms with Crippen molar-refractivity contribution in [2.45, 2.75) is 32.2 Å². The normalized spacial score (nSPS) is 13.5. The molecular formula is C20H18N2O4. The Labute approximate surface area is 149 Å². The third-order valence-electron chi connectivity index (χ3n) is 5.09. The van der Waals surface area contributed by atoms with Gasteiger partial charge in [0, 0.05) is 29.8 Å². The van der Waals surface area contributed by atoms with E-state index in [2.05, 4.69) is 0 Å². The molecule has 132 valence electrons. The minimum absolute atomic E-state index is 0.0475. The lowest BCUT2D eigenvalue weighted by Gasteiger charge is -2.16. The molecule has 0 radical (unpaired) electrons. The summed E-state index contributed by atoms with van der Waals surface area (Å²) < 4.78 is 2.05. The van der Waals surface area contributed by atoms with Gasteiger partial charge in [-0.05, 0) is 42.9 Å². The second-order valence-corrected chi connectivity index (χ2v) is 6.65. The Morgan fingerprint density at radius 2 is 1.92 bits per heavy atom. The van der Waals surface area contributed by atoms with Gasteiger partial charge in [-0.25, -0.2) is 4.79 Å². The van der Waals surface area contributed by atoms with E-state index in [1.807, 2.05) is 16.7 Å². The highest BCUT2D eigenvalue weighted by atomic mass is 16.6. The van der Waals surface area contributed by atoms with Gasteiger partial charge in [-0.3, -0.25) is 10.1 Å². The molecule has 1 aliphatic rings. The minimum Gasteiger partial charge on any atom is -0.478 e. The number of benzene rings is 2. The standard InChI is InChI=1S/C20H18N2O4/c23-20(24)17-9-4-8-16-15-7-1-2-10-18(15)21(19(16)17)12-13-5-3-6-14(11-13)22(25)26/h3-6,8-9,11H,1-2,7,10,12H2,(H,23,24). The summed E-state index contributed by atoms with van der Waals surface area (Å²) in [7, 11) is 0. The Hall–Kier alpha value is -3.15. The van der Waals surface area contributed by atoms with Gasteiger partial charge in [0.2, 0.25) is 0 Å². The number of aryl methyl sites for hydroxylation is 1. The molecule has 0 amide bonds. The van der Waals surface area contributed by atoms with Crippen LogP contribution in [0.1, 0.15) is 40.0 Å². The zero-order chi connectivity index (χ0) is 18.3. The molecule has 0 aliphatic heterocycles. The van der Waals surface area contributed by atoms with Gasteiger partial charge in [0.15, 0.2) is 0 Å². The first-order chi connectivity index (χ1) is 12.6. The fourth-order valence-corrected chi connectivity index (χ4v) is 3.99. The van der Waals surface area contributed by atoms with Crippen molar-refractivity contribution in [2.24, 2.45) is 0 Å². The molecule has 4 rings (SSSR count). The Kier molecular flexibility index (Phi) is 3.95. The van der Waals surface area contributed by atoms with Crippen LogP contribution in [0, 0.1) is 10.1 Å². The highest BCUT2D eigenvalue weighted by Gasteiger charge is 2.23. The third kappa shape index (κ3) is 2.63. The van der Waals surface area contributed by atoms with Gasteiger partial charge < -0.3 is 9.67 Å². The Morgan fingerprint density at radius 3 is 2.69 bits per heavy atom. The van der Waals surface area contributed by atoms with Gasteiger partial charge in [-0.2, -0.15) is 0 Å². The van der Waals surface area contributed by atoms with E-state index in [0.29, 0.717) is 6.54 Å². The Bertz CT molecular complexity index is 1040. The Morgan fingerprint density at radius 1 is 1.15 bits per heavy atom. The smallest absolute Gasteiger partial charge is 0.337 e. The van der Waals surface area contributed by atoms with E-state index < -0.39 is 10.9 Å². The molecule has 26 heavy (non-hydrogen) atoms. The molecule has 0 saturated heterocycles. The summed E-state index contributed by atoms with van der Waals surface area (Å²) in [5, 5.41) is 21.7. The maximum atomic E-state index is 11.8. The quantitative estimate of drug-likeness (QED) is 0.565. The van der Waals surface area contributed by atoms with Crippen LogP contribution in [0.4, 0.5) is 5.69 Å². The molecule has 3 aromatic rings. The van der Waals surface area contributed by atoms with E-state index >= 15 is 0 Å². The number of nitrogens with zero attached hydrogens (tertiary/aromatic N) is 2. The maximum Gasteiger partial charge on any atom is 0.337 e. The lowest BCUT2D eigenvalue weighted by atomic mass is 9.95. The summed E-state index contributed by atoms with van der Waals surface area (Å²) in [6, 6.07) is 11.9. The van der Waals surface area contributed by atoms with E-state index in [1.165, 1.54) is 11.6 Å². The van der Waals surface area contributed by atoms with Crippen molar-refractivity contribution in [1.82, 2.24) is 4.57 Å². The van der Waals surface area contributed by atoms with Crippen molar-refractivity contribution in [1.29, 1.82) is 0 Å². The fraction of sp³-hybridized carbons (Fsp3) is 0.250. The maximum absolute atomic E-state index is 11.8. The predicted molar refractivity (Wildman–Crippen MR) is 97.7 cm³/mol. The number of fused-ring (bicyclic) bond motifs is 3. The summed E-state index contributed by atoms with van der Waals surface area (Å²) in [5.74, 6) is -0.953. The van der Waals surface area contributed by atoms with Crippen molar-refractivity contribution in [3.8, 4) is 0 Å². The zero-order valence-corrected chi connectivity index (χ0v) is 14.1. The van der Waals surface area contributed by atoms with Crippen LogP contribution in [0.3, 0.4) is 0 Å². The number of carboxylic acids is 1. The minimum atomic E-state index is -0.953. The summed E-state index contributed by atoms with van der Waals surface area (Å²) in [5.41, 5.74) is 4.22. The lowest BCUT2D eigenvalue weighted by molar-refractivity contribution is -0.384. The van der Waals surface area contributed by atoms with E-state index in [1.54, 1.807) is 24.3 Å². The molecule has 1 aliphatic carbocycles. The number of carboxylic acid groups (broad SMARTS) is 1. The summed E-state index contributed by atoms with van der Waals surface area (Å²) in [6.45, 7) is 0.428. The number of rotatable bonds is 4. The van der Waals surface area contributed by atoms with Gasteiger partial charge in [0.1, 0.15) is 0 Å². The molecule has 6 heteroatoms. The molecule has 0 spiro atoms. The van der Waals surface area contributed by atoms with Crippen molar-refractivity contribution in [2.75, 3.05) is 0 Å². The average Bonchev–Trinajstić information content (AvgIpc) is 2.96. The monoisotopic (exact) mass is 350 g/mol. The molecular weight excluding hydrogens is 332 g/mol. The van der Waals surface area contributed by atoms with Gasteiger partial charge in [-0.1, -0.05) is 24.3 Å². The van der Waals surface area contributed by atoms with Gasteiger partial charge in [0.25, 0.3) is 5.69 Å². The van der Waals surface area contributed by atoms with Crippen LogP contribution in [-0.2, 0) is 19.4 Å². The molecule has 0 unspecified atom stereocenters. The molecule has 6 nitrogen and oxygen atoms in total. The number of nitro groups is 1. The van der Waals surface area contributed by atoms with Crippen molar-refractivity contribution < 1.29 is 14.8 Å². The fourth-order valence-electron chi connectivity index (χ4n) is 3.99. The topological polar surface area (TPSA) is 85.4 Å². The van der Waals surface area contributed by atoms with E-state index in [0.717, 1.165) is 47.8 Å². The lowest BCUT2D eigenvalue weighted by Crippen LogP contribution is -2.10. The van der Waals surface area contributed by atoms with Gasteiger partial charge in [-0.15, -0.1) is 0 Å². The number of aromatic nitrogens is 1. The number of carbonyl (C=O) groups is 1. The second-order valence-electron chi connectivity index (χ2n) is 6.65. The van der Waals surface area contributed by atoms with Crippen LogP contribution in [0.5, 0.6) is 0 Å². The van der Waals surface area contributed by atoms with Crippen LogP contribution < -0.4 is 0 Å². The van der Waals surface area contributed by atoms with E-state index in [9.17, 15) is 20.0 Å². The van der Waals surface area contributed by atoms with Gasteiger partial charge in [0.05, 0.1) is 16.0 Å². The van der Waals surface area contributed by atoms with Crippen molar-refractivity contribution in [3.63, 3.8) is 0 Å². The number of non-ortho nitro benzene ring substituents is 1. The summed E-state index contributed by atoms with van der Waals surface area (Å²) in [4.78, 5) is 22.4. The molecule has 2 aromatic carbocycles. The van der Waals surface area contributed by atoms with Crippen LogP contribution in [-0.4, -0.2) is 20.6 Å². The first-order valence-corrected chi connectivity index (χ1v) is 8.66. The zero-order valence-electron chi connectivity index (χ0n) is 14.1. The van der Waals surface area contributed by atoms with Crippen LogP contribution in [0.15, 0.2) is 42.5 Å². The number of aromatic carboxylic acids is 1.